The molecule has 0 aliphatic carbocycles. The Labute approximate surface area is 109 Å². The van der Waals surface area contributed by atoms with Crippen LogP contribution in [0.25, 0.3) is 0 Å². The highest BCUT2D eigenvalue weighted by atomic mass is 28.4. The van der Waals surface area contributed by atoms with Gasteiger partial charge >= 0.3 is 5.97 Å². The van der Waals surface area contributed by atoms with Gasteiger partial charge in [-0.15, -0.1) is 0 Å². The summed E-state index contributed by atoms with van der Waals surface area (Å²) in [5.41, 5.74) is -1.39. The molecule has 1 heterocycles. The zero-order chi connectivity index (χ0) is 14.2. The first-order valence-corrected chi connectivity index (χ1v) is 9.09. The van der Waals surface area contributed by atoms with Crippen LogP contribution in [-0.2, 0) is 14.0 Å². The minimum absolute atomic E-state index is 0.00176. The molecular formula is C12H23NO4Si. The second-order valence-corrected chi connectivity index (χ2v) is 11.3. The zero-order valence-corrected chi connectivity index (χ0v) is 12.8. The van der Waals surface area contributed by atoms with E-state index in [4.69, 9.17) is 4.43 Å². The summed E-state index contributed by atoms with van der Waals surface area (Å²) < 4.78 is 5.91. The molecule has 1 fully saturated rings. The lowest BCUT2D eigenvalue weighted by Gasteiger charge is -2.38. The third-order valence-corrected chi connectivity index (χ3v) is 8.65. The number of amides is 1. The van der Waals surface area contributed by atoms with Crippen molar-refractivity contribution in [2.75, 3.05) is 13.2 Å². The molecule has 1 aliphatic rings. The van der Waals surface area contributed by atoms with Gasteiger partial charge in [0.25, 0.3) is 0 Å². The third kappa shape index (κ3) is 2.59. The number of hydrogen-bond donors (Lipinski definition) is 2. The van der Waals surface area contributed by atoms with Crippen LogP contribution in [0.4, 0.5) is 0 Å². The van der Waals surface area contributed by atoms with Gasteiger partial charge in [0, 0.05) is 6.54 Å². The van der Waals surface area contributed by atoms with Crippen molar-refractivity contribution in [3.05, 3.63) is 0 Å². The summed E-state index contributed by atoms with van der Waals surface area (Å²) in [5.74, 6) is -1.51. The first-order chi connectivity index (χ1) is 8.03. The second kappa shape index (κ2) is 4.66. The predicted octanol–water partition coefficient (Wildman–Crippen LogP) is 1.60. The standard InChI is InChI=1S/C12H23NO4Si/c1-11(2,3)18(4,5)17-8-12(10(15)16)6-7-13-9(12)14/h6-8H2,1-5H3,(H,13,14)(H,15,16). The maximum Gasteiger partial charge on any atom is 0.321 e. The van der Waals surface area contributed by atoms with Crippen LogP contribution in [0.3, 0.4) is 0 Å². The Morgan fingerprint density at radius 1 is 1.50 bits per heavy atom. The van der Waals surface area contributed by atoms with E-state index in [1.165, 1.54) is 0 Å². The molecule has 0 radical (unpaired) electrons. The van der Waals surface area contributed by atoms with Crippen LogP contribution in [0.15, 0.2) is 0 Å². The van der Waals surface area contributed by atoms with E-state index in [1.54, 1.807) is 0 Å². The van der Waals surface area contributed by atoms with Gasteiger partial charge in [-0.25, -0.2) is 0 Å². The Balaban J connectivity index is 2.83. The highest BCUT2D eigenvalue weighted by Crippen LogP contribution is 2.38. The second-order valence-electron chi connectivity index (χ2n) is 6.44. The minimum Gasteiger partial charge on any atom is -0.480 e. The van der Waals surface area contributed by atoms with Crippen LogP contribution >= 0.6 is 0 Å². The molecule has 1 amide bonds. The van der Waals surface area contributed by atoms with Crippen molar-refractivity contribution >= 4 is 20.2 Å². The highest BCUT2D eigenvalue weighted by Gasteiger charge is 2.51. The average molecular weight is 273 g/mol. The smallest absolute Gasteiger partial charge is 0.321 e. The summed E-state index contributed by atoms with van der Waals surface area (Å²) in [7, 11) is -2.04. The van der Waals surface area contributed by atoms with Crippen LogP contribution in [-0.4, -0.2) is 38.5 Å². The molecule has 1 atom stereocenters. The molecule has 1 rings (SSSR count). The first-order valence-electron chi connectivity index (χ1n) is 6.19. The molecule has 1 saturated heterocycles. The maximum atomic E-state index is 11.7. The van der Waals surface area contributed by atoms with Crippen molar-refractivity contribution in [3.63, 3.8) is 0 Å². The average Bonchev–Trinajstić information content (AvgIpc) is 2.56. The fourth-order valence-corrected chi connectivity index (χ4v) is 2.64. The van der Waals surface area contributed by atoms with Gasteiger partial charge in [0.1, 0.15) is 0 Å². The van der Waals surface area contributed by atoms with Crippen LogP contribution in [0.2, 0.25) is 18.1 Å². The summed E-state index contributed by atoms with van der Waals surface area (Å²) in [6.07, 6.45) is 0.301. The lowest BCUT2D eigenvalue weighted by molar-refractivity contribution is -0.155. The fraction of sp³-hybridized carbons (Fsp3) is 0.833. The lowest BCUT2D eigenvalue weighted by Crippen LogP contribution is -2.49. The highest BCUT2D eigenvalue weighted by molar-refractivity contribution is 6.74. The van der Waals surface area contributed by atoms with Crippen molar-refractivity contribution in [1.82, 2.24) is 5.32 Å². The quantitative estimate of drug-likeness (QED) is 0.602. The largest absolute Gasteiger partial charge is 0.480 e. The van der Waals surface area contributed by atoms with Crippen molar-refractivity contribution < 1.29 is 19.1 Å². The number of carboxylic acids is 1. The Kier molecular flexibility index (Phi) is 3.93. The molecule has 0 saturated carbocycles. The zero-order valence-electron chi connectivity index (χ0n) is 11.8. The number of carbonyl (C=O) groups excluding carboxylic acids is 1. The summed E-state index contributed by atoms with van der Waals surface area (Å²) in [4.78, 5) is 23.1. The molecule has 5 nitrogen and oxygen atoms in total. The molecule has 6 heteroatoms. The first kappa shape index (κ1) is 15.2. The number of carbonyl (C=O) groups is 2. The molecule has 0 aromatic rings. The fourth-order valence-electron chi connectivity index (χ4n) is 1.60. The van der Waals surface area contributed by atoms with Gasteiger partial charge in [-0.3, -0.25) is 9.59 Å². The normalized spacial score (nSPS) is 25.1. The van der Waals surface area contributed by atoms with E-state index in [9.17, 15) is 14.7 Å². The molecule has 0 bridgehead atoms. The molecule has 104 valence electrons. The third-order valence-electron chi connectivity index (χ3n) is 4.17. The van der Waals surface area contributed by atoms with E-state index < -0.39 is 25.6 Å². The number of nitrogens with one attached hydrogen (secondary N) is 1. The van der Waals surface area contributed by atoms with E-state index in [0.717, 1.165) is 0 Å². The maximum absolute atomic E-state index is 11.7. The monoisotopic (exact) mass is 273 g/mol. The van der Waals surface area contributed by atoms with Crippen LogP contribution in [0, 0.1) is 5.41 Å². The van der Waals surface area contributed by atoms with E-state index in [-0.39, 0.29) is 11.6 Å². The van der Waals surface area contributed by atoms with Crippen molar-refractivity contribution in [1.29, 1.82) is 0 Å². The van der Waals surface area contributed by atoms with E-state index in [1.807, 2.05) is 0 Å². The SMILES string of the molecule is CC(C)(C)[Si](C)(C)OCC1(C(=O)O)CCNC1=O. The van der Waals surface area contributed by atoms with Gasteiger partial charge in [-0.1, -0.05) is 20.8 Å². The molecule has 0 spiro atoms. The topological polar surface area (TPSA) is 75.6 Å². The Morgan fingerprint density at radius 2 is 2.06 bits per heavy atom. The molecule has 2 N–H and O–H groups in total. The number of hydrogen-bond acceptors (Lipinski definition) is 3. The van der Waals surface area contributed by atoms with Crippen LogP contribution < -0.4 is 5.32 Å². The molecule has 1 aliphatic heterocycles. The number of rotatable bonds is 4. The van der Waals surface area contributed by atoms with Crippen molar-refractivity contribution in [2.24, 2.45) is 5.41 Å². The minimum atomic E-state index is -2.04. The molecular weight excluding hydrogens is 250 g/mol. The molecule has 18 heavy (non-hydrogen) atoms. The van der Waals surface area contributed by atoms with E-state index >= 15 is 0 Å². The number of aliphatic carboxylic acids is 1. The number of carboxylic acid groups (broad SMARTS) is 1. The summed E-state index contributed by atoms with van der Waals surface area (Å²) in [5, 5.41) is 11.9. The van der Waals surface area contributed by atoms with Crippen molar-refractivity contribution in [3.8, 4) is 0 Å². The van der Waals surface area contributed by atoms with Gasteiger partial charge in [0.2, 0.25) is 5.91 Å². The van der Waals surface area contributed by atoms with Gasteiger partial charge in [-0.2, -0.15) is 0 Å². The summed E-state index contributed by atoms with van der Waals surface area (Å²) in [6.45, 7) is 10.7. The van der Waals surface area contributed by atoms with Gasteiger partial charge in [0.15, 0.2) is 13.7 Å². The molecule has 0 aromatic carbocycles. The Morgan fingerprint density at radius 3 is 2.39 bits per heavy atom. The molecule has 1 unspecified atom stereocenters. The lowest BCUT2D eigenvalue weighted by atomic mass is 9.88. The van der Waals surface area contributed by atoms with Crippen LogP contribution in [0.1, 0.15) is 27.2 Å². The predicted molar refractivity (Wildman–Crippen MR) is 70.8 cm³/mol. The van der Waals surface area contributed by atoms with Gasteiger partial charge < -0.3 is 14.8 Å². The summed E-state index contributed by atoms with van der Waals surface area (Å²) in [6, 6.07) is 0. The van der Waals surface area contributed by atoms with Gasteiger partial charge in [0.05, 0.1) is 6.61 Å². The van der Waals surface area contributed by atoms with Crippen LogP contribution in [0.5, 0.6) is 0 Å². The Bertz CT molecular complexity index is 362. The Hall–Kier alpha value is -0.883. The van der Waals surface area contributed by atoms with Crippen molar-refractivity contribution in [2.45, 2.75) is 45.3 Å². The van der Waals surface area contributed by atoms with E-state index in [0.29, 0.717) is 13.0 Å². The van der Waals surface area contributed by atoms with Gasteiger partial charge in [-0.05, 0) is 24.6 Å². The van der Waals surface area contributed by atoms with E-state index in [2.05, 4.69) is 39.2 Å². The molecule has 0 aromatic heterocycles. The summed E-state index contributed by atoms with van der Waals surface area (Å²) >= 11 is 0.